The minimum absolute atomic E-state index is 0.293. The number of halogens is 1. The van der Waals surface area contributed by atoms with E-state index in [4.69, 9.17) is 23.8 Å². The van der Waals surface area contributed by atoms with Gasteiger partial charge in [-0.1, -0.05) is 54.1 Å². The van der Waals surface area contributed by atoms with Gasteiger partial charge in [0.1, 0.15) is 0 Å². The van der Waals surface area contributed by atoms with Crippen molar-refractivity contribution in [2.75, 3.05) is 18.2 Å². The fraction of sp³-hybridized carbons (Fsp3) is 0.235. The molecule has 1 saturated heterocycles. The van der Waals surface area contributed by atoms with Gasteiger partial charge in [0.2, 0.25) is 0 Å². The molecule has 1 N–H and O–H groups in total. The van der Waals surface area contributed by atoms with E-state index in [2.05, 4.69) is 41.4 Å². The van der Waals surface area contributed by atoms with Crippen LogP contribution in [0.4, 0.5) is 5.69 Å². The maximum absolute atomic E-state index is 6.32. The van der Waals surface area contributed by atoms with Crippen LogP contribution in [0.25, 0.3) is 0 Å². The van der Waals surface area contributed by atoms with Crippen LogP contribution >= 0.6 is 23.8 Å². The van der Waals surface area contributed by atoms with Crippen LogP contribution in [0.3, 0.4) is 0 Å². The molecular weight excluding hydrogens is 314 g/mol. The number of rotatable bonds is 3. The van der Waals surface area contributed by atoms with Crippen LogP contribution in [0.15, 0.2) is 54.6 Å². The topological polar surface area (TPSA) is 18.5 Å². The summed E-state index contributed by atoms with van der Waals surface area (Å²) in [6.45, 7) is 3.65. The Balaban J connectivity index is 1.82. The van der Waals surface area contributed by atoms with Gasteiger partial charge in [-0.3, -0.25) is 4.90 Å². The molecule has 0 saturated carbocycles. The van der Waals surface area contributed by atoms with Crippen molar-refractivity contribution in [2.45, 2.75) is 13.0 Å². The van der Waals surface area contributed by atoms with Crippen LogP contribution in [0.5, 0.6) is 0 Å². The quantitative estimate of drug-likeness (QED) is 0.856. The molecule has 1 atom stereocenters. The normalized spacial score (nSPS) is 17.2. The van der Waals surface area contributed by atoms with Gasteiger partial charge in [0.15, 0.2) is 5.11 Å². The number of hydrogen-bond acceptors (Lipinski definition) is 2. The second-order valence-electron chi connectivity index (χ2n) is 5.34. The molecule has 114 valence electrons. The van der Waals surface area contributed by atoms with Crippen LogP contribution in [0.1, 0.15) is 18.5 Å². The zero-order valence-corrected chi connectivity index (χ0v) is 13.9. The lowest BCUT2D eigenvalue weighted by atomic mass is 10.1. The maximum Gasteiger partial charge on any atom is 0.175 e. The minimum atomic E-state index is 0.293. The van der Waals surface area contributed by atoms with Crippen molar-refractivity contribution in [3.63, 3.8) is 0 Å². The van der Waals surface area contributed by atoms with Crippen LogP contribution in [0, 0.1) is 0 Å². The highest BCUT2D eigenvalue weighted by atomic mass is 35.5. The highest BCUT2D eigenvalue weighted by Crippen LogP contribution is 2.29. The third-order valence-corrected chi connectivity index (χ3v) is 4.66. The number of thiocarbonyl (C=S) groups is 1. The first-order chi connectivity index (χ1) is 10.7. The molecule has 3 nitrogen and oxygen atoms in total. The predicted octanol–water partition coefficient (Wildman–Crippen LogP) is 4.01. The summed E-state index contributed by atoms with van der Waals surface area (Å²) in [6, 6.07) is 18.6. The van der Waals surface area contributed by atoms with E-state index in [1.165, 1.54) is 5.56 Å². The fourth-order valence-corrected chi connectivity index (χ4v) is 3.08. The summed E-state index contributed by atoms with van der Waals surface area (Å²) in [5, 5.41) is 4.70. The van der Waals surface area contributed by atoms with Crippen molar-refractivity contribution in [3.8, 4) is 0 Å². The first kappa shape index (κ1) is 15.3. The van der Waals surface area contributed by atoms with Crippen LogP contribution in [-0.2, 0) is 0 Å². The van der Waals surface area contributed by atoms with Crippen molar-refractivity contribution < 1.29 is 0 Å². The van der Waals surface area contributed by atoms with E-state index in [0.717, 1.165) is 12.4 Å². The monoisotopic (exact) mass is 331 g/mol. The van der Waals surface area contributed by atoms with Gasteiger partial charge in [-0.2, -0.15) is 0 Å². The number of nitrogens with zero attached hydrogens (tertiary/aromatic N) is 2. The Hall–Kier alpha value is -1.62. The molecule has 22 heavy (non-hydrogen) atoms. The molecule has 0 bridgehead atoms. The Morgan fingerprint density at radius 2 is 1.77 bits per heavy atom. The Labute approximate surface area is 141 Å². The average Bonchev–Trinajstić information content (AvgIpc) is 2.56. The predicted molar refractivity (Wildman–Crippen MR) is 96.1 cm³/mol. The summed E-state index contributed by atoms with van der Waals surface area (Å²) < 4.78 is 0. The van der Waals surface area contributed by atoms with Gasteiger partial charge < -0.3 is 10.2 Å². The maximum atomic E-state index is 6.32. The van der Waals surface area contributed by atoms with Gasteiger partial charge in [0.25, 0.3) is 0 Å². The second kappa shape index (κ2) is 6.65. The van der Waals surface area contributed by atoms with E-state index in [0.29, 0.717) is 22.8 Å². The first-order valence-electron chi connectivity index (χ1n) is 7.25. The number of nitrogens with one attached hydrogen (secondary N) is 1. The highest BCUT2D eigenvalue weighted by molar-refractivity contribution is 7.80. The van der Waals surface area contributed by atoms with Crippen LogP contribution in [0.2, 0.25) is 5.02 Å². The average molecular weight is 332 g/mol. The third kappa shape index (κ3) is 3.09. The third-order valence-electron chi connectivity index (χ3n) is 3.97. The number of benzene rings is 2. The molecule has 2 aromatic carbocycles. The zero-order valence-electron chi connectivity index (χ0n) is 12.4. The molecule has 0 unspecified atom stereocenters. The van der Waals surface area contributed by atoms with Crippen LogP contribution in [-0.4, -0.2) is 23.3 Å². The summed E-state index contributed by atoms with van der Waals surface area (Å²) >= 11 is 11.8. The first-order valence-corrected chi connectivity index (χ1v) is 8.04. The standard InChI is InChI=1S/C17H18ClN3S/c1-13(14-7-3-2-4-8-14)20-11-19-17(22)21(12-20)16-10-6-5-9-15(16)18/h2-10,13H,11-12H2,1H3,(H,19,22)/t13-/m1/s1. The molecule has 1 heterocycles. The molecule has 1 aliphatic heterocycles. The minimum Gasteiger partial charge on any atom is -0.349 e. The molecule has 0 aromatic heterocycles. The molecule has 0 aliphatic carbocycles. The molecule has 1 fully saturated rings. The molecule has 2 aromatic rings. The van der Waals surface area contributed by atoms with Gasteiger partial charge in [0, 0.05) is 6.04 Å². The Kier molecular flexibility index (Phi) is 4.62. The summed E-state index contributed by atoms with van der Waals surface area (Å²) in [5.41, 5.74) is 2.22. The fourth-order valence-electron chi connectivity index (χ4n) is 2.62. The van der Waals surface area contributed by atoms with Crippen molar-refractivity contribution in [1.29, 1.82) is 0 Å². The number of anilines is 1. The Morgan fingerprint density at radius 1 is 1.09 bits per heavy atom. The SMILES string of the molecule is C[C@H](c1ccccc1)N1CNC(=S)N(c2ccccc2Cl)C1. The van der Waals surface area contributed by atoms with Gasteiger partial charge in [0.05, 0.1) is 24.0 Å². The van der Waals surface area contributed by atoms with E-state index < -0.39 is 0 Å². The molecule has 0 spiro atoms. The lowest BCUT2D eigenvalue weighted by molar-refractivity contribution is 0.200. The molecule has 0 amide bonds. The Morgan fingerprint density at radius 3 is 2.50 bits per heavy atom. The zero-order chi connectivity index (χ0) is 15.5. The molecule has 0 radical (unpaired) electrons. The molecule has 1 aliphatic rings. The second-order valence-corrected chi connectivity index (χ2v) is 6.13. The number of hydrogen-bond donors (Lipinski definition) is 1. The van der Waals surface area contributed by atoms with E-state index in [1.807, 2.05) is 35.2 Å². The lowest BCUT2D eigenvalue weighted by Crippen LogP contribution is -2.56. The van der Waals surface area contributed by atoms with Crippen molar-refractivity contribution >= 4 is 34.6 Å². The van der Waals surface area contributed by atoms with Gasteiger partial charge in [-0.25, -0.2) is 0 Å². The Bertz CT molecular complexity index is 662. The number of para-hydroxylation sites is 1. The lowest BCUT2D eigenvalue weighted by Gasteiger charge is -2.41. The van der Waals surface area contributed by atoms with E-state index >= 15 is 0 Å². The summed E-state index contributed by atoms with van der Waals surface area (Å²) in [6.07, 6.45) is 0. The smallest absolute Gasteiger partial charge is 0.175 e. The molecular formula is C17H18ClN3S. The van der Waals surface area contributed by atoms with Crippen molar-refractivity contribution in [2.24, 2.45) is 0 Å². The van der Waals surface area contributed by atoms with Gasteiger partial charge in [-0.15, -0.1) is 0 Å². The molecule has 5 heteroatoms. The highest BCUT2D eigenvalue weighted by Gasteiger charge is 2.26. The largest absolute Gasteiger partial charge is 0.349 e. The van der Waals surface area contributed by atoms with Gasteiger partial charge >= 0.3 is 0 Å². The van der Waals surface area contributed by atoms with E-state index in [-0.39, 0.29) is 0 Å². The summed E-state index contributed by atoms with van der Waals surface area (Å²) in [4.78, 5) is 4.37. The van der Waals surface area contributed by atoms with E-state index in [9.17, 15) is 0 Å². The van der Waals surface area contributed by atoms with Crippen molar-refractivity contribution in [3.05, 3.63) is 65.2 Å². The van der Waals surface area contributed by atoms with Crippen molar-refractivity contribution in [1.82, 2.24) is 10.2 Å². The summed E-state index contributed by atoms with van der Waals surface area (Å²) in [5.74, 6) is 0. The van der Waals surface area contributed by atoms with E-state index in [1.54, 1.807) is 0 Å². The van der Waals surface area contributed by atoms with Crippen LogP contribution < -0.4 is 10.2 Å². The van der Waals surface area contributed by atoms with Gasteiger partial charge in [-0.05, 0) is 36.8 Å². The molecule has 3 rings (SSSR count). The summed E-state index contributed by atoms with van der Waals surface area (Å²) in [7, 11) is 0.